The number of carbonyl (C=O) groups excluding carboxylic acids is 1. The second-order valence-electron chi connectivity index (χ2n) is 4.95. The van der Waals surface area contributed by atoms with E-state index in [4.69, 9.17) is 0 Å². The average Bonchev–Trinajstić information content (AvgIpc) is 3.27. The molecule has 0 bridgehead atoms. The van der Waals surface area contributed by atoms with Crippen LogP contribution >= 0.6 is 11.3 Å². The van der Waals surface area contributed by atoms with E-state index in [1.54, 1.807) is 0 Å². The average molecular weight is 324 g/mol. The van der Waals surface area contributed by atoms with Gasteiger partial charge in [0.1, 0.15) is 11.2 Å². The highest BCUT2D eigenvalue weighted by molar-refractivity contribution is 7.20. The van der Waals surface area contributed by atoms with E-state index in [1.165, 1.54) is 17.7 Å². The fraction of sp³-hybridized carbons (Fsp3) is 0.0667. The number of aromatic amines is 1. The summed E-state index contributed by atoms with van der Waals surface area (Å²) in [7, 11) is 0. The second kappa shape index (κ2) is 5.33. The van der Waals surface area contributed by atoms with Gasteiger partial charge < -0.3 is 0 Å². The van der Waals surface area contributed by atoms with Crippen LogP contribution in [-0.4, -0.2) is 30.9 Å². The van der Waals surface area contributed by atoms with Crippen LogP contribution in [0, 0.1) is 6.92 Å². The molecule has 0 atom stereocenters. The molecule has 2 N–H and O–H groups in total. The minimum Gasteiger partial charge on any atom is -0.290 e. The first-order valence-corrected chi connectivity index (χ1v) is 7.75. The number of amides is 1. The molecule has 0 radical (unpaired) electrons. The van der Waals surface area contributed by atoms with Crippen LogP contribution in [0.5, 0.6) is 0 Å². The molecule has 0 saturated carbocycles. The predicted molar refractivity (Wildman–Crippen MR) is 88.0 cm³/mol. The second-order valence-corrected chi connectivity index (χ2v) is 5.98. The molecule has 0 aliphatic carbocycles. The molecule has 3 aromatic heterocycles. The van der Waals surface area contributed by atoms with Gasteiger partial charge in [0.15, 0.2) is 0 Å². The molecule has 114 valence electrons. The number of nitrogens with zero attached hydrogens (tertiary/aromatic N) is 4. The lowest BCUT2D eigenvalue weighted by Crippen LogP contribution is -2.11. The summed E-state index contributed by atoms with van der Waals surface area (Å²) in [6, 6.07) is 11.7. The molecule has 8 heteroatoms. The maximum Gasteiger partial charge on any atom is 0.268 e. The number of para-hydroxylation sites is 1. The van der Waals surface area contributed by atoms with Crippen LogP contribution in [0.3, 0.4) is 0 Å². The number of fused-ring (bicyclic) bond motifs is 1. The van der Waals surface area contributed by atoms with Crippen LogP contribution in [-0.2, 0) is 0 Å². The molecule has 0 aliphatic rings. The van der Waals surface area contributed by atoms with Crippen molar-refractivity contribution in [2.75, 3.05) is 5.32 Å². The van der Waals surface area contributed by atoms with Crippen LogP contribution in [0.15, 0.2) is 42.7 Å². The normalized spacial score (nSPS) is 11.0. The van der Waals surface area contributed by atoms with Crippen molar-refractivity contribution in [2.45, 2.75) is 6.92 Å². The Morgan fingerprint density at radius 3 is 2.87 bits per heavy atom. The zero-order valence-electron chi connectivity index (χ0n) is 12.1. The Hall–Kier alpha value is -3.00. The van der Waals surface area contributed by atoms with Crippen molar-refractivity contribution < 1.29 is 4.79 Å². The summed E-state index contributed by atoms with van der Waals surface area (Å²) in [6.07, 6.45) is 1.35. The molecule has 0 fully saturated rings. The monoisotopic (exact) mass is 324 g/mol. The Labute approximate surface area is 135 Å². The van der Waals surface area contributed by atoms with Crippen LogP contribution in [0.4, 0.5) is 5.95 Å². The fourth-order valence-electron chi connectivity index (χ4n) is 2.34. The topological polar surface area (TPSA) is 88.5 Å². The highest BCUT2D eigenvalue weighted by Gasteiger charge is 2.17. The molecule has 4 aromatic rings. The van der Waals surface area contributed by atoms with E-state index in [1.807, 2.05) is 48.0 Å². The lowest BCUT2D eigenvalue weighted by molar-refractivity contribution is 0.103. The van der Waals surface area contributed by atoms with Gasteiger partial charge in [0.2, 0.25) is 5.95 Å². The smallest absolute Gasteiger partial charge is 0.268 e. The zero-order chi connectivity index (χ0) is 15.8. The molecule has 1 aromatic carbocycles. The number of hydrogen-bond acceptors (Lipinski definition) is 5. The van der Waals surface area contributed by atoms with Crippen molar-refractivity contribution >= 4 is 33.4 Å². The van der Waals surface area contributed by atoms with Crippen molar-refractivity contribution in [3.8, 4) is 5.69 Å². The van der Waals surface area contributed by atoms with Gasteiger partial charge in [-0.1, -0.05) is 18.2 Å². The van der Waals surface area contributed by atoms with E-state index in [0.29, 0.717) is 10.8 Å². The highest BCUT2D eigenvalue weighted by atomic mass is 32.1. The summed E-state index contributed by atoms with van der Waals surface area (Å²) < 4.78 is 1.86. The van der Waals surface area contributed by atoms with Crippen LogP contribution < -0.4 is 5.32 Å². The first-order valence-electron chi connectivity index (χ1n) is 6.93. The Balaban J connectivity index is 1.75. The van der Waals surface area contributed by atoms with E-state index >= 15 is 0 Å². The third kappa shape index (κ3) is 2.38. The number of benzene rings is 1. The number of nitrogens with one attached hydrogen (secondary N) is 2. The third-order valence-corrected chi connectivity index (χ3v) is 4.53. The lowest BCUT2D eigenvalue weighted by atomic mass is 10.3. The third-order valence-electron chi connectivity index (χ3n) is 3.42. The lowest BCUT2D eigenvalue weighted by Gasteiger charge is -2.01. The molecule has 1 amide bonds. The van der Waals surface area contributed by atoms with Gasteiger partial charge >= 0.3 is 0 Å². The summed E-state index contributed by atoms with van der Waals surface area (Å²) in [6.45, 7) is 1.94. The minimum atomic E-state index is -0.220. The Morgan fingerprint density at radius 2 is 2.13 bits per heavy atom. The van der Waals surface area contributed by atoms with Crippen LogP contribution in [0.1, 0.15) is 15.4 Å². The Kier molecular flexibility index (Phi) is 3.16. The molecule has 0 aliphatic heterocycles. The summed E-state index contributed by atoms with van der Waals surface area (Å²) in [4.78, 5) is 17.8. The number of aromatic nitrogens is 5. The molecular formula is C15H12N6OS. The van der Waals surface area contributed by atoms with Gasteiger partial charge in [0.25, 0.3) is 5.91 Å². The van der Waals surface area contributed by atoms with E-state index < -0.39 is 0 Å². The Bertz CT molecular complexity index is 970. The molecule has 4 rings (SSSR count). The van der Waals surface area contributed by atoms with E-state index in [-0.39, 0.29) is 5.91 Å². The van der Waals surface area contributed by atoms with E-state index in [9.17, 15) is 4.79 Å². The van der Waals surface area contributed by atoms with Crippen molar-refractivity contribution in [1.29, 1.82) is 0 Å². The highest BCUT2D eigenvalue weighted by Crippen LogP contribution is 2.30. The predicted octanol–water partition coefficient (Wildman–Crippen LogP) is 2.77. The first-order chi connectivity index (χ1) is 11.2. The van der Waals surface area contributed by atoms with Gasteiger partial charge in [-0.05, 0) is 25.1 Å². The molecule has 7 nitrogen and oxygen atoms in total. The molecular weight excluding hydrogens is 312 g/mol. The van der Waals surface area contributed by atoms with Gasteiger partial charge in [0, 0.05) is 5.39 Å². The maximum atomic E-state index is 12.3. The number of anilines is 1. The summed E-state index contributed by atoms with van der Waals surface area (Å²) in [5, 5.41) is 14.5. The van der Waals surface area contributed by atoms with Crippen molar-refractivity contribution in [3.05, 3.63) is 53.3 Å². The standard InChI is InChI=1S/C15H12N6OS/c1-9-11-7-12(13(22)18-15-16-8-17-19-15)23-14(11)21(20-9)10-5-3-2-4-6-10/h2-8H,1H3,(H2,16,17,18,19,22). The largest absolute Gasteiger partial charge is 0.290 e. The summed E-state index contributed by atoms with van der Waals surface area (Å²) >= 11 is 1.40. The SMILES string of the molecule is Cc1nn(-c2ccccc2)c2sc(C(=O)Nc3ncn[nH]3)cc12. The molecule has 0 unspecified atom stereocenters. The van der Waals surface area contributed by atoms with Crippen molar-refractivity contribution in [3.63, 3.8) is 0 Å². The molecule has 23 heavy (non-hydrogen) atoms. The summed E-state index contributed by atoms with van der Waals surface area (Å²) in [5.74, 6) is 0.107. The zero-order valence-corrected chi connectivity index (χ0v) is 13.0. The van der Waals surface area contributed by atoms with Crippen LogP contribution in [0.25, 0.3) is 15.9 Å². The van der Waals surface area contributed by atoms with Crippen molar-refractivity contribution in [2.24, 2.45) is 0 Å². The fourth-order valence-corrected chi connectivity index (χ4v) is 3.42. The Morgan fingerprint density at radius 1 is 1.30 bits per heavy atom. The number of carbonyl (C=O) groups is 1. The van der Waals surface area contributed by atoms with E-state index in [0.717, 1.165) is 21.6 Å². The molecule has 0 spiro atoms. The van der Waals surface area contributed by atoms with Gasteiger partial charge in [0.05, 0.1) is 16.3 Å². The number of H-pyrrole nitrogens is 1. The van der Waals surface area contributed by atoms with Gasteiger partial charge in [-0.3, -0.25) is 10.1 Å². The number of rotatable bonds is 3. The van der Waals surface area contributed by atoms with E-state index in [2.05, 4.69) is 25.6 Å². The van der Waals surface area contributed by atoms with Crippen molar-refractivity contribution in [1.82, 2.24) is 25.0 Å². The minimum absolute atomic E-state index is 0.220. The number of hydrogen-bond donors (Lipinski definition) is 2. The molecule has 3 heterocycles. The van der Waals surface area contributed by atoms with Crippen LogP contribution in [0.2, 0.25) is 0 Å². The van der Waals surface area contributed by atoms with Gasteiger partial charge in [-0.15, -0.1) is 11.3 Å². The number of thiophene rings is 1. The quantitative estimate of drug-likeness (QED) is 0.606. The number of aryl methyl sites for hydroxylation is 1. The summed E-state index contributed by atoms with van der Waals surface area (Å²) in [5.41, 5.74) is 1.86. The maximum absolute atomic E-state index is 12.3. The molecule has 0 saturated heterocycles. The van der Waals surface area contributed by atoms with Gasteiger partial charge in [-0.25, -0.2) is 9.78 Å². The first kappa shape index (κ1) is 13.6. The van der Waals surface area contributed by atoms with Gasteiger partial charge in [-0.2, -0.15) is 15.2 Å².